The zero-order valence-corrected chi connectivity index (χ0v) is 14.2. The molecule has 24 heavy (non-hydrogen) atoms. The lowest BCUT2D eigenvalue weighted by molar-refractivity contribution is -0.0864. The van der Waals surface area contributed by atoms with Gasteiger partial charge in [0.25, 0.3) is 5.91 Å². The van der Waals surface area contributed by atoms with Gasteiger partial charge in [0.1, 0.15) is 6.10 Å². The number of aryl methyl sites for hydroxylation is 1. The molecule has 5 heteroatoms. The molecule has 1 aliphatic heterocycles. The minimum atomic E-state index is -0.0496. The Hall–Kier alpha value is -2.14. The predicted molar refractivity (Wildman–Crippen MR) is 90.6 cm³/mol. The van der Waals surface area contributed by atoms with Crippen LogP contribution >= 0.6 is 0 Å². The molecule has 0 radical (unpaired) electrons. The minimum Gasteiger partial charge on any atom is -0.366 e. The van der Waals surface area contributed by atoms with Gasteiger partial charge in [-0.2, -0.15) is 5.10 Å². The fourth-order valence-corrected chi connectivity index (χ4v) is 3.41. The Morgan fingerprint density at radius 2 is 1.96 bits per heavy atom. The summed E-state index contributed by atoms with van der Waals surface area (Å²) >= 11 is 0. The van der Waals surface area contributed by atoms with Gasteiger partial charge in [-0.1, -0.05) is 30.3 Å². The maximum Gasteiger partial charge on any atom is 0.257 e. The van der Waals surface area contributed by atoms with Crippen LogP contribution in [-0.2, 0) is 11.8 Å². The second kappa shape index (κ2) is 6.06. The van der Waals surface area contributed by atoms with Crippen molar-refractivity contribution in [2.75, 3.05) is 13.1 Å². The maximum absolute atomic E-state index is 13.0. The number of hydrogen-bond donors (Lipinski definition) is 0. The average molecular weight is 325 g/mol. The highest BCUT2D eigenvalue weighted by Crippen LogP contribution is 2.39. The van der Waals surface area contributed by atoms with Gasteiger partial charge in [-0.05, 0) is 31.2 Å². The van der Waals surface area contributed by atoms with Gasteiger partial charge in [-0.25, -0.2) is 0 Å². The zero-order chi connectivity index (χ0) is 16.7. The smallest absolute Gasteiger partial charge is 0.257 e. The van der Waals surface area contributed by atoms with Crippen molar-refractivity contribution in [3.63, 3.8) is 0 Å². The van der Waals surface area contributed by atoms with Gasteiger partial charge in [0.05, 0.1) is 24.4 Å². The van der Waals surface area contributed by atoms with E-state index in [1.165, 1.54) is 12.8 Å². The Bertz CT molecular complexity index is 736. The molecule has 2 atom stereocenters. The topological polar surface area (TPSA) is 47.4 Å². The van der Waals surface area contributed by atoms with Crippen molar-refractivity contribution in [2.45, 2.75) is 32.0 Å². The lowest BCUT2D eigenvalue weighted by Gasteiger charge is -2.38. The molecule has 1 aliphatic carbocycles. The Labute approximate surface area is 142 Å². The summed E-state index contributed by atoms with van der Waals surface area (Å²) in [6.07, 6.45) is 4.19. The summed E-state index contributed by atoms with van der Waals surface area (Å²) < 4.78 is 8.08. The SMILES string of the molecule is Cc1c(C(=O)N2C[C@@H](c3ccccc3)O[C@@H](C3CC3)C2)cnn1C. The number of carbonyl (C=O) groups excluding carboxylic acids is 1. The van der Waals surface area contributed by atoms with Crippen LogP contribution in [0.15, 0.2) is 36.5 Å². The predicted octanol–water partition coefficient (Wildman–Crippen LogP) is 2.72. The Kier molecular flexibility index (Phi) is 3.88. The molecule has 0 N–H and O–H groups in total. The quantitative estimate of drug-likeness (QED) is 0.872. The third kappa shape index (κ3) is 2.84. The molecule has 0 bridgehead atoms. The number of aromatic nitrogens is 2. The number of amides is 1. The summed E-state index contributed by atoms with van der Waals surface area (Å²) in [5, 5.41) is 4.21. The molecule has 1 saturated heterocycles. The molecule has 0 spiro atoms. The van der Waals surface area contributed by atoms with E-state index in [0.29, 0.717) is 24.6 Å². The molecule has 2 heterocycles. The first kappa shape index (κ1) is 15.4. The molecular weight excluding hydrogens is 302 g/mol. The number of morpholine rings is 1. The van der Waals surface area contributed by atoms with Crippen LogP contribution in [0.2, 0.25) is 0 Å². The van der Waals surface area contributed by atoms with Crippen molar-refractivity contribution in [3.8, 4) is 0 Å². The molecule has 1 aromatic heterocycles. The molecular formula is C19H23N3O2. The van der Waals surface area contributed by atoms with E-state index in [9.17, 15) is 4.79 Å². The van der Waals surface area contributed by atoms with Gasteiger partial charge >= 0.3 is 0 Å². The number of carbonyl (C=O) groups is 1. The molecule has 0 unspecified atom stereocenters. The summed E-state index contributed by atoms with van der Waals surface area (Å²) in [6, 6.07) is 10.2. The van der Waals surface area contributed by atoms with Crippen molar-refractivity contribution in [3.05, 3.63) is 53.3 Å². The Balaban J connectivity index is 1.59. The summed E-state index contributed by atoms with van der Waals surface area (Å²) in [5.74, 6) is 0.664. The minimum absolute atomic E-state index is 0.0496. The molecule has 4 rings (SSSR count). The molecule has 2 fully saturated rings. The number of ether oxygens (including phenoxy) is 1. The molecule has 1 saturated carbocycles. The normalized spacial score (nSPS) is 24.2. The van der Waals surface area contributed by atoms with E-state index in [2.05, 4.69) is 17.2 Å². The second-order valence-electron chi connectivity index (χ2n) is 6.89. The molecule has 1 aromatic carbocycles. The van der Waals surface area contributed by atoms with Gasteiger partial charge in [0.2, 0.25) is 0 Å². The highest BCUT2D eigenvalue weighted by atomic mass is 16.5. The van der Waals surface area contributed by atoms with Crippen LogP contribution in [0.3, 0.4) is 0 Å². The molecule has 2 aliphatic rings. The molecule has 2 aromatic rings. The highest BCUT2D eigenvalue weighted by molar-refractivity contribution is 5.95. The maximum atomic E-state index is 13.0. The van der Waals surface area contributed by atoms with Gasteiger partial charge in [0.15, 0.2) is 0 Å². The Morgan fingerprint density at radius 3 is 2.58 bits per heavy atom. The van der Waals surface area contributed by atoms with Gasteiger partial charge in [-0.15, -0.1) is 0 Å². The van der Waals surface area contributed by atoms with Crippen LogP contribution in [-0.4, -0.2) is 39.8 Å². The van der Waals surface area contributed by atoms with Crippen LogP contribution in [0.25, 0.3) is 0 Å². The monoisotopic (exact) mass is 325 g/mol. The standard InChI is InChI=1S/C19H23N3O2/c1-13-16(10-20-21(13)2)19(23)22-11-17(14-6-4-3-5-7-14)24-18(12-22)15-8-9-15/h3-7,10,15,17-18H,8-9,11-12H2,1-2H3/t17-,18+/m0/s1. The number of benzene rings is 1. The van der Waals surface area contributed by atoms with E-state index in [1.807, 2.05) is 37.1 Å². The highest BCUT2D eigenvalue weighted by Gasteiger charge is 2.40. The summed E-state index contributed by atoms with van der Waals surface area (Å²) in [4.78, 5) is 15.0. The number of rotatable bonds is 3. The first-order chi connectivity index (χ1) is 11.6. The van der Waals surface area contributed by atoms with E-state index in [0.717, 1.165) is 11.3 Å². The fourth-order valence-electron chi connectivity index (χ4n) is 3.41. The largest absolute Gasteiger partial charge is 0.366 e. The van der Waals surface area contributed by atoms with E-state index in [1.54, 1.807) is 10.9 Å². The van der Waals surface area contributed by atoms with Crippen molar-refractivity contribution in [1.29, 1.82) is 0 Å². The first-order valence-corrected chi connectivity index (χ1v) is 8.61. The third-order valence-corrected chi connectivity index (χ3v) is 5.20. The van der Waals surface area contributed by atoms with Crippen molar-refractivity contribution >= 4 is 5.91 Å². The molecule has 126 valence electrons. The second-order valence-corrected chi connectivity index (χ2v) is 6.89. The molecule has 5 nitrogen and oxygen atoms in total. The lowest BCUT2D eigenvalue weighted by Crippen LogP contribution is -2.47. The van der Waals surface area contributed by atoms with Crippen LogP contribution in [0.1, 0.15) is 40.6 Å². The first-order valence-electron chi connectivity index (χ1n) is 8.61. The van der Waals surface area contributed by atoms with Crippen LogP contribution in [0.5, 0.6) is 0 Å². The van der Waals surface area contributed by atoms with E-state index >= 15 is 0 Å². The summed E-state index contributed by atoms with van der Waals surface area (Å²) in [5.41, 5.74) is 2.75. The number of hydrogen-bond acceptors (Lipinski definition) is 3. The van der Waals surface area contributed by atoms with Crippen molar-refractivity contribution < 1.29 is 9.53 Å². The van der Waals surface area contributed by atoms with Crippen LogP contribution < -0.4 is 0 Å². The van der Waals surface area contributed by atoms with Gasteiger partial charge in [0, 0.05) is 19.3 Å². The Morgan fingerprint density at radius 1 is 1.21 bits per heavy atom. The van der Waals surface area contributed by atoms with Crippen molar-refractivity contribution in [1.82, 2.24) is 14.7 Å². The van der Waals surface area contributed by atoms with E-state index < -0.39 is 0 Å². The van der Waals surface area contributed by atoms with E-state index in [4.69, 9.17) is 4.74 Å². The lowest BCUT2D eigenvalue weighted by atomic mass is 10.0. The van der Waals surface area contributed by atoms with E-state index in [-0.39, 0.29) is 18.1 Å². The van der Waals surface area contributed by atoms with Gasteiger partial charge in [-0.3, -0.25) is 9.48 Å². The fraction of sp³-hybridized carbons (Fsp3) is 0.474. The third-order valence-electron chi connectivity index (χ3n) is 5.20. The summed E-state index contributed by atoms with van der Waals surface area (Å²) in [6.45, 7) is 3.22. The zero-order valence-electron chi connectivity index (χ0n) is 14.2. The molecule has 1 amide bonds. The van der Waals surface area contributed by atoms with Crippen LogP contribution in [0.4, 0.5) is 0 Å². The number of nitrogens with zero attached hydrogens (tertiary/aromatic N) is 3. The van der Waals surface area contributed by atoms with Crippen LogP contribution in [0, 0.1) is 12.8 Å². The van der Waals surface area contributed by atoms with Crippen molar-refractivity contribution in [2.24, 2.45) is 13.0 Å². The average Bonchev–Trinajstić information content (AvgIpc) is 3.42. The summed E-state index contributed by atoms with van der Waals surface area (Å²) in [7, 11) is 1.87. The van der Waals surface area contributed by atoms with Gasteiger partial charge < -0.3 is 9.64 Å².